The lowest BCUT2D eigenvalue weighted by molar-refractivity contribution is 0.300. The van der Waals surface area contributed by atoms with Crippen molar-refractivity contribution in [2.24, 2.45) is 0 Å². The zero-order chi connectivity index (χ0) is 13.4. The van der Waals surface area contributed by atoms with E-state index < -0.39 is 0 Å². The second-order valence-electron chi connectivity index (χ2n) is 4.16. The Labute approximate surface area is 118 Å². The maximum absolute atomic E-state index is 9.03. The zero-order valence-electron chi connectivity index (χ0n) is 11.0. The van der Waals surface area contributed by atoms with E-state index in [9.17, 15) is 0 Å². The number of hydrogen-bond acceptors (Lipinski definition) is 3. The third kappa shape index (κ3) is 4.67. The molecule has 1 N–H and O–H groups in total. The van der Waals surface area contributed by atoms with E-state index in [1.54, 1.807) is 0 Å². The van der Waals surface area contributed by atoms with Gasteiger partial charge in [0.05, 0.1) is 11.3 Å². The van der Waals surface area contributed by atoms with Crippen LogP contribution in [0.25, 0.3) is 0 Å². The summed E-state index contributed by atoms with van der Waals surface area (Å²) in [6.45, 7) is 8.43. The molecule has 0 aliphatic heterocycles. The van der Waals surface area contributed by atoms with E-state index in [1.165, 1.54) is 6.42 Å². The van der Waals surface area contributed by atoms with E-state index in [2.05, 4.69) is 46.1 Å². The standard InChI is InChI=1S/C14H20BrN3/c1-3-8-18(4-2)9-7-17-14-10-13(15)6-5-12(14)11-16/h5-6,10,17H,3-4,7-9H2,1-2H3. The number of nitriles is 1. The maximum Gasteiger partial charge on any atom is 0.101 e. The normalized spacial score (nSPS) is 10.4. The summed E-state index contributed by atoms with van der Waals surface area (Å²) in [7, 11) is 0. The summed E-state index contributed by atoms with van der Waals surface area (Å²) in [5, 5.41) is 12.4. The Morgan fingerprint density at radius 1 is 1.33 bits per heavy atom. The second-order valence-corrected chi connectivity index (χ2v) is 5.08. The van der Waals surface area contributed by atoms with Gasteiger partial charge in [-0.1, -0.05) is 29.8 Å². The van der Waals surface area contributed by atoms with Gasteiger partial charge in [-0.2, -0.15) is 5.26 Å². The monoisotopic (exact) mass is 309 g/mol. The number of nitrogens with zero attached hydrogens (tertiary/aromatic N) is 2. The third-order valence-corrected chi connectivity index (χ3v) is 3.33. The first kappa shape index (κ1) is 15.0. The Morgan fingerprint density at radius 2 is 2.11 bits per heavy atom. The lowest BCUT2D eigenvalue weighted by Crippen LogP contribution is -2.29. The van der Waals surface area contributed by atoms with E-state index in [-0.39, 0.29) is 0 Å². The minimum absolute atomic E-state index is 0.691. The van der Waals surface area contributed by atoms with Crippen LogP contribution in [0.4, 0.5) is 5.69 Å². The Balaban J connectivity index is 2.53. The van der Waals surface area contributed by atoms with Crippen LogP contribution in [0.1, 0.15) is 25.8 Å². The molecule has 0 radical (unpaired) electrons. The fraction of sp³-hybridized carbons (Fsp3) is 0.500. The van der Waals surface area contributed by atoms with Crippen molar-refractivity contribution in [1.82, 2.24) is 4.90 Å². The van der Waals surface area contributed by atoms with Crippen molar-refractivity contribution in [3.8, 4) is 6.07 Å². The van der Waals surface area contributed by atoms with Crippen LogP contribution >= 0.6 is 15.9 Å². The number of likely N-dealkylation sites (N-methyl/N-ethyl adjacent to an activating group) is 1. The van der Waals surface area contributed by atoms with Crippen molar-refractivity contribution >= 4 is 21.6 Å². The van der Waals surface area contributed by atoms with Gasteiger partial charge in [-0.3, -0.25) is 0 Å². The molecule has 0 atom stereocenters. The molecule has 0 amide bonds. The summed E-state index contributed by atoms with van der Waals surface area (Å²) in [5.74, 6) is 0. The molecule has 0 aliphatic carbocycles. The molecule has 0 saturated heterocycles. The molecule has 1 aromatic rings. The van der Waals surface area contributed by atoms with Crippen LogP contribution in [-0.2, 0) is 0 Å². The SMILES string of the molecule is CCCN(CC)CCNc1cc(Br)ccc1C#N. The first-order chi connectivity index (χ1) is 8.71. The molecule has 0 fully saturated rings. The van der Waals surface area contributed by atoms with Crippen LogP contribution in [0.3, 0.4) is 0 Å². The molecular weight excluding hydrogens is 290 g/mol. The smallest absolute Gasteiger partial charge is 0.101 e. The van der Waals surface area contributed by atoms with Crippen LogP contribution in [0, 0.1) is 11.3 Å². The van der Waals surface area contributed by atoms with Gasteiger partial charge in [0.2, 0.25) is 0 Å². The summed E-state index contributed by atoms with van der Waals surface area (Å²) in [5.41, 5.74) is 1.59. The van der Waals surface area contributed by atoms with Gasteiger partial charge in [-0.05, 0) is 37.7 Å². The molecule has 0 aromatic heterocycles. The minimum atomic E-state index is 0.691. The maximum atomic E-state index is 9.03. The Hall–Kier alpha value is -1.05. The zero-order valence-corrected chi connectivity index (χ0v) is 12.6. The lowest BCUT2D eigenvalue weighted by atomic mass is 10.2. The van der Waals surface area contributed by atoms with Crippen molar-refractivity contribution in [2.75, 3.05) is 31.5 Å². The highest BCUT2D eigenvalue weighted by atomic mass is 79.9. The molecule has 0 aliphatic rings. The first-order valence-corrected chi connectivity index (χ1v) is 7.16. The molecule has 0 bridgehead atoms. The van der Waals surface area contributed by atoms with Gasteiger partial charge in [-0.15, -0.1) is 0 Å². The van der Waals surface area contributed by atoms with Crippen molar-refractivity contribution in [1.29, 1.82) is 5.26 Å². The van der Waals surface area contributed by atoms with E-state index in [1.807, 2.05) is 18.2 Å². The van der Waals surface area contributed by atoms with Gasteiger partial charge in [-0.25, -0.2) is 0 Å². The molecule has 0 heterocycles. The van der Waals surface area contributed by atoms with Crippen LogP contribution in [-0.4, -0.2) is 31.1 Å². The van der Waals surface area contributed by atoms with Crippen molar-refractivity contribution in [2.45, 2.75) is 20.3 Å². The number of nitrogens with one attached hydrogen (secondary N) is 1. The first-order valence-electron chi connectivity index (χ1n) is 6.37. The predicted molar refractivity (Wildman–Crippen MR) is 79.8 cm³/mol. The molecule has 0 spiro atoms. The Morgan fingerprint density at radius 3 is 2.72 bits per heavy atom. The average molecular weight is 310 g/mol. The molecule has 18 heavy (non-hydrogen) atoms. The van der Waals surface area contributed by atoms with Crippen molar-refractivity contribution in [3.05, 3.63) is 28.2 Å². The van der Waals surface area contributed by atoms with Crippen molar-refractivity contribution in [3.63, 3.8) is 0 Å². The Kier molecular flexibility index (Phi) is 6.77. The fourth-order valence-corrected chi connectivity index (χ4v) is 2.21. The van der Waals surface area contributed by atoms with Crippen LogP contribution < -0.4 is 5.32 Å². The van der Waals surface area contributed by atoms with E-state index in [0.717, 1.165) is 36.3 Å². The topological polar surface area (TPSA) is 39.1 Å². The number of benzene rings is 1. The quantitative estimate of drug-likeness (QED) is 0.838. The number of halogens is 1. The molecule has 3 nitrogen and oxygen atoms in total. The molecule has 0 unspecified atom stereocenters. The molecule has 0 saturated carbocycles. The fourth-order valence-electron chi connectivity index (χ4n) is 1.85. The highest BCUT2D eigenvalue weighted by Crippen LogP contribution is 2.20. The average Bonchev–Trinajstić information content (AvgIpc) is 2.38. The van der Waals surface area contributed by atoms with Gasteiger partial charge in [0.1, 0.15) is 6.07 Å². The van der Waals surface area contributed by atoms with Gasteiger partial charge in [0.25, 0.3) is 0 Å². The highest BCUT2D eigenvalue weighted by Gasteiger charge is 2.04. The summed E-state index contributed by atoms with van der Waals surface area (Å²) in [6.07, 6.45) is 1.17. The molecule has 98 valence electrons. The molecule has 4 heteroatoms. The highest BCUT2D eigenvalue weighted by molar-refractivity contribution is 9.10. The summed E-state index contributed by atoms with van der Waals surface area (Å²) in [6, 6.07) is 7.87. The number of rotatable bonds is 7. The Bertz CT molecular complexity index is 412. The van der Waals surface area contributed by atoms with Gasteiger partial charge >= 0.3 is 0 Å². The van der Waals surface area contributed by atoms with E-state index in [0.29, 0.717) is 5.56 Å². The van der Waals surface area contributed by atoms with E-state index in [4.69, 9.17) is 5.26 Å². The summed E-state index contributed by atoms with van der Waals surface area (Å²) >= 11 is 3.43. The van der Waals surface area contributed by atoms with Crippen molar-refractivity contribution < 1.29 is 0 Å². The molecule has 1 rings (SSSR count). The number of anilines is 1. The third-order valence-electron chi connectivity index (χ3n) is 2.83. The number of hydrogen-bond donors (Lipinski definition) is 1. The van der Waals surface area contributed by atoms with Gasteiger partial charge < -0.3 is 10.2 Å². The van der Waals surface area contributed by atoms with Crippen LogP contribution in [0.15, 0.2) is 22.7 Å². The predicted octanol–water partition coefficient (Wildman–Crippen LogP) is 3.46. The summed E-state index contributed by atoms with van der Waals surface area (Å²) in [4.78, 5) is 2.40. The van der Waals surface area contributed by atoms with Gasteiger partial charge in [0.15, 0.2) is 0 Å². The van der Waals surface area contributed by atoms with Gasteiger partial charge in [0, 0.05) is 17.6 Å². The molecular formula is C14H20BrN3. The lowest BCUT2D eigenvalue weighted by Gasteiger charge is -2.20. The molecule has 1 aromatic carbocycles. The summed E-state index contributed by atoms with van der Waals surface area (Å²) < 4.78 is 0.991. The van der Waals surface area contributed by atoms with E-state index >= 15 is 0 Å². The van der Waals surface area contributed by atoms with Crippen LogP contribution in [0.5, 0.6) is 0 Å². The van der Waals surface area contributed by atoms with Crippen LogP contribution in [0.2, 0.25) is 0 Å². The largest absolute Gasteiger partial charge is 0.383 e. The second kappa shape index (κ2) is 8.12. The minimum Gasteiger partial charge on any atom is -0.383 e.